The summed E-state index contributed by atoms with van der Waals surface area (Å²) in [6, 6.07) is 8.66. The van der Waals surface area contributed by atoms with Crippen LogP contribution in [0.2, 0.25) is 0 Å². The summed E-state index contributed by atoms with van der Waals surface area (Å²) in [7, 11) is 0. The van der Waals surface area contributed by atoms with Crippen molar-refractivity contribution in [2.45, 2.75) is 92.0 Å². The highest BCUT2D eigenvalue weighted by Gasteiger charge is 2.28. The molecular weight excluding hydrogens is 392 g/mol. The Morgan fingerprint density at radius 3 is 2.53 bits per heavy atom. The third-order valence-electron chi connectivity index (χ3n) is 7.65. The molecule has 0 amide bonds. The van der Waals surface area contributed by atoms with E-state index in [0.717, 1.165) is 31.9 Å². The second kappa shape index (κ2) is 12.8. The Kier molecular flexibility index (Phi) is 10.1. The molecule has 0 aromatic heterocycles. The van der Waals surface area contributed by atoms with Crippen molar-refractivity contribution in [2.75, 3.05) is 32.8 Å². The van der Waals surface area contributed by atoms with Crippen LogP contribution in [0.25, 0.3) is 0 Å². The van der Waals surface area contributed by atoms with E-state index in [-0.39, 0.29) is 0 Å². The van der Waals surface area contributed by atoms with Crippen LogP contribution >= 0.6 is 0 Å². The number of allylic oxidation sites excluding steroid dienone is 2. The summed E-state index contributed by atoms with van der Waals surface area (Å²) < 4.78 is 5.96. The fraction of sp³-hybridized carbons (Fsp3) is 0.724. The van der Waals surface area contributed by atoms with Gasteiger partial charge in [0.25, 0.3) is 0 Å². The molecule has 1 N–H and O–H groups in total. The maximum atomic E-state index is 5.96. The van der Waals surface area contributed by atoms with Crippen LogP contribution in [0, 0.1) is 11.3 Å². The largest absolute Gasteiger partial charge is 0.494 e. The molecule has 3 rings (SSSR count). The molecule has 1 heterocycles. The van der Waals surface area contributed by atoms with Gasteiger partial charge in [0, 0.05) is 13.1 Å². The number of hydrogen-bond acceptors (Lipinski definition) is 3. The first-order chi connectivity index (χ1) is 15.4. The Balaban J connectivity index is 1.29. The zero-order chi connectivity index (χ0) is 22.8. The minimum absolute atomic E-state index is 0.410. The van der Waals surface area contributed by atoms with Crippen molar-refractivity contribution in [3.05, 3.63) is 41.0 Å². The van der Waals surface area contributed by atoms with Crippen LogP contribution in [0.4, 0.5) is 0 Å². The lowest BCUT2D eigenvalue weighted by Crippen LogP contribution is -2.31. The first kappa shape index (κ1) is 25.3. The lowest BCUT2D eigenvalue weighted by molar-refractivity contribution is 0.205. The first-order valence-electron chi connectivity index (χ1n) is 13.3. The Bertz CT molecular complexity index is 700. The predicted molar refractivity (Wildman–Crippen MR) is 137 cm³/mol. The van der Waals surface area contributed by atoms with Crippen molar-refractivity contribution >= 4 is 0 Å². The Labute approximate surface area is 198 Å². The van der Waals surface area contributed by atoms with E-state index in [1.165, 1.54) is 76.6 Å². The third-order valence-corrected chi connectivity index (χ3v) is 7.65. The van der Waals surface area contributed by atoms with E-state index in [1.54, 1.807) is 11.1 Å². The molecule has 1 atom stereocenters. The van der Waals surface area contributed by atoms with Gasteiger partial charge in [-0.3, -0.25) is 0 Å². The van der Waals surface area contributed by atoms with Gasteiger partial charge in [0.1, 0.15) is 5.75 Å². The number of nitrogens with one attached hydrogen (secondary N) is 1. The normalized spacial score (nSPS) is 20.4. The van der Waals surface area contributed by atoms with Crippen molar-refractivity contribution in [3.63, 3.8) is 0 Å². The average Bonchev–Trinajstić information content (AvgIpc) is 2.78. The maximum absolute atomic E-state index is 5.96. The van der Waals surface area contributed by atoms with E-state index in [1.807, 2.05) is 0 Å². The molecule has 180 valence electrons. The molecular formula is C29H48N2O. The second-order valence-electron chi connectivity index (χ2n) is 11.0. The average molecular weight is 441 g/mol. The van der Waals surface area contributed by atoms with Crippen LogP contribution in [0.1, 0.15) is 91.0 Å². The summed E-state index contributed by atoms with van der Waals surface area (Å²) in [5, 5.41) is 3.67. The van der Waals surface area contributed by atoms with E-state index in [9.17, 15) is 0 Å². The molecule has 0 spiro atoms. The lowest BCUT2D eigenvalue weighted by Gasteiger charge is -2.35. The highest BCUT2D eigenvalue weighted by Crippen LogP contribution is 2.42. The third kappa shape index (κ3) is 8.23. The summed E-state index contributed by atoms with van der Waals surface area (Å²) >= 11 is 0. The smallest absolute Gasteiger partial charge is 0.119 e. The SMILES string of the molecule is CC1=C(CC[C@H](C)CNCc2ccc(OCCCN3CCCCC3)cc2)C(C)(C)CCC1. The van der Waals surface area contributed by atoms with Gasteiger partial charge in [0.05, 0.1) is 6.61 Å². The summed E-state index contributed by atoms with van der Waals surface area (Å²) in [6.07, 6.45) is 11.8. The number of piperidine rings is 1. The summed E-state index contributed by atoms with van der Waals surface area (Å²) in [6.45, 7) is 16.2. The minimum Gasteiger partial charge on any atom is -0.494 e. The van der Waals surface area contributed by atoms with Gasteiger partial charge in [0.15, 0.2) is 0 Å². The molecule has 3 nitrogen and oxygen atoms in total. The van der Waals surface area contributed by atoms with Crippen molar-refractivity contribution in [1.29, 1.82) is 0 Å². The molecule has 1 aromatic rings. The zero-order valence-corrected chi connectivity index (χ0v) is 21.3. The van der Waals surface area contributed by atoms with E-state index in [4.69, 9.17) is 4.74 Å². The summed E-state index contributed by atoms with van der Waals surface area (Å²) in [4.78, 5) is 2.58. The monoisotopic (exact) mass is 440 g/mol. The van der Waals surface area contributed by atoms with Gasteiger partial charge in [-0.2, -0.15) is 0 Å². The minimum atomic E-state index is 0.410. The lowest BCUT2D eigenvalue weighted by atomic mass is 9.71. The zero-order valence-electron chi connectivity index (χ0n) is 21.3. The molecule has 32 heavy (non-hydrogen) atoms. The van der Waals surface area contributed by atoms with Gasteiger partial charge >= 0.3 is 0 Å². The van der Waals surface area contributed by atoms with Crippen LogP contribution in [0.5, 0.6) is 5.75 Å². The number of hydrogen-bond donors (Lipinski definition) is 1. The molecule has 1 aliphatic heterocycles. The number of ether oxygens (including phenoxy) is 1. The van der Waals surface area contributed by atoms with Crippen molar-refractivity contribution in [2.24, 2.45) is 11.3 Å². The van der Waals surface area contributed by atoms with Crippen molar-refractivity contribution in [3.8, 4) is 5.75 Å². The maximum Gasteiger partial charge on any atom is 0.119 e. The van der Waals surface area contributed by atoms with E-state index in [0.29, 0.717) is 11.3 Å². The van der Waals surface area contributed by atoms with E-state index in [2.05, 4.69) is 62.2 Å². The van der Waals surface area contributed by atoms with Crippen LogP contribution in [-0.4, -0.2) is 37.7 Å². The Hall–Kier alpha value is -1.32. The standard InChI is InChI=1S/C29H48N2O/c1-24(11-16-28-25(2)10-8-17-29(28,3)4)22-30-23-26-12-14-27(15-13-26)32-21-9-20-31-18-6-5-7-19-31/h12-15,24,30H,5-11,16-23H2,1-4H3/t24-/m0/s1. The van der Waals surface area contributed by atoms with Gasteiger partial charge < -0.3 is 15.0 Å². The highest BCUT2D eigenvalue weighted by molar-refractivity contribution is 5.27. The topological polar surface area (TPSA) is 24.5 Å². The quantitative estimate of drug-likeness (QED) is 0.280. The van der Waals surface area contributed by atoms with Crippen LogP contribution < -0.4 is 10.1 Å². The molecule has 2 aliphatic rings. The van der Waals surface area contributed by atoms with Gasteiger partial charge in [0.2, 0.25) is 0 Å². The first-order valence-corrected chi connectivity index (χ1v) is 13.3. The molecule has 1 aromatic carbocycles. The fourth-order valence-corrected chi connectivity index (χ4v) is 5.55. The molecule has 1 fully saturated rings. The van der Waals surface area contributed by atoms with Crippen LogP contribution in [-0.2, 0) is 6.54 Å². The number of nitrogens with zero attached hydrogens (tertiary/aromatic N) is 1. The number of benzene rings is 1. The summed E-state index contributed by atoms with van der Waals surface area (Å²) in [5.74, 6) is 1.70. The molecule has 0 saturated carbocycles. The van der Waals surface area contributed by atoms with Gasteiger partial charge in [-0.1, -0.05) is 50.5 Å². The Morgan fingerprint density at radius 1 is 1.06 bits per heavy atom. The fourth-order valence-electron chi connectivity index (χ4n) is 5.55. The molecule has 1 aliphatic carbocycles. The molecule has 0 unspecified atom stereocenters. The summed E-state index contributed by atoms with van der Waals surface area (Å²) in [5.41, 5.74) is 5.15. The van der Waals surface area contributed by atoms with Gasteiger partial charge in [-0.05, 0) is 107 Å². The van der Waals surface area contributed by atoms with Gasteiger partial charge in [-0.15, -0.1) is 0 Å². The van der Waals surface area contributed by atoms with E-state index >= 15 is 0 Å². The Morgan fingerprint density at radius 2 is 1.81 bits per heavy atom. The van der Waals surface area contributed by atoms with E-state index < -0.39 is 0 Å². The highest BCUT2D eigenvalue weighted by atomic mass is 16.5. The van der Waals surface area contributed by atoms with Gasteiger partial charge in [-0.25, -0.2) is 0 Å². The molecule has 1 saturated heterocycles. The second-order valence-corrected chi connectivity index (χ2v) is 11.0. The number of likely N-dealkylation sites (tertiary alicyclic amines) is 1. The van der Waals surface area contributed by atoms with Crippen molar-refractivity contribution < 1.29 is 4.74 Å². The predicted octanol–water partition coefficient (Wildman–Crippen LogP) is 6.97. The number of rotatable bonds is 12. The molecule has 3 heteroatoms. The van der Waals surface area contributed by atoms with Crippen LogP contribution in [0.3, 0.4) is 0 Å². The van der Waals surface area contributed by atoms with Crippen LogP contribution in [0.15, 0.2) is 35.4 Å². The van der Waals surface area contributed by atoms with Crippen molar-refractivity contribution in [1.82, 2.24) is 10.2 Å². The molecule has 0 radical (unpaired) electrons. The molecule has 0 bridgehead atoms.